The number of fused-ring (bicyclic) bond motifs is 1. The molecule has 0 bridgehead atoms. The third-order valence-corrected chi connectivity index (χ3v) is 5.68. The first-order valence-corrected chi connectivity index (χ1v) is 9.84. The maximum Gasteiger partial charge on any atom is 0.317 e. The first-order chi connectivity index (χ1) is 12.7. The maximum atomic E-state index is 12.7. The molecule has 4 rings (SSSR count). The topological polar surface area (TPSA) is 50.2 Å². The summed E-state index contributed by atoms with van der Waals surface area (Å²) in [6.45, 7) is 4.77. The fourth-order valence-corrected chi connectivity index (χ4v) is 4.28. The van der Waals surface area contributed by atoms with Crippen LogP contribution in [-0.2, 0) is 13.0 Å². The van der Waals surface area contributed by atoms with Crippen LogP contribution in [-0.4, -0.2) is 33.8 Å². The highest BCUT2D eigenvalue weighted by Crippen LogP contribution is 2.30. The molecule has 0 spiro atoms. The highest BCUT2D eigenvalue weighted by atomic mass is 16.2. The molecule has 1 N–H and O–H groups in total. The van der Waals surface area contributed by atoms with Crippen molar-refractivity contribution >= 4 is 6.03 Å². The molecule has 2 aliphatic rings. The highest BCUT2D eigenvalue weighted by Gasteiger charge is 2.28. The van der Waals surface area contributed by atoms with Crippen LogP contribution in [0.15, 0.2) is 36.5 Å². The molecule has 2 unspecified atom stereocenters. The van der Waals surface area contributed by atoms with E-state index in [-0.39, 0.29) is 12.1 Å². The first-order valence-electron chi connectivity index (χ1n) is 9.84. The van der Waals surface area contributed by atoms with Crippen LogP contribution >= 0.6 is 0 Å². The van der Waals surface area contributed by atoms with Gasteiger partial charge in [0, 0.05) is 24.3 Å². The Labute approximate surface area is 155 Å². The lowest BCUT2D eigenvalue weighted by Crippen LogP contribution is -2.46. The first kappa shape index (κ1) is 17.1. The van der Waals surface area contributed by atoms with E-state index in [4.69, 9.17) is 0 Å². The molecule has 1 saturated heterocycles. The molecule has 5 nitrogen and oxygen atoms in total. The molecular weight excluding hydrogens is 324 g/mol. The van der Waals surface area contributed by atoms with Crippen molar-refractivity contribution in [3.8, 4) is 0 Å². The van der Waals surface area contributed by atoms with Gasteiger partial charge in [0.2, 0.25) is 0 Å². The summed E-state index contributed by atoms with van der Waals surface area (Å²) in [7, 11) is 0. The number of amides is 2. The normalized spacial score (nSPS) is 22.7. The number of benzene rings is 1. The Morgan fingerprint density at radius 3 is 2.88 bits per heavy atom. The van der Waals surface area contributed by atoms with Crippen LogP contribution in [0.25, 0.3) is 0 Å². The van der Waals surface area contributed by atoms with Crippen LogP contribution in [0.2, 0.25) is 0 Å². The number of rotatable bonds is 3. The van der Waals surface area contributed by atoms with Crippen LogP contribution in [0, 0.1) is 5.92 Å². The lowest BCUT2D eigenvalue weighted by Gasteiger charge is -2.33. The molecule has 1 aliphatic heterocycles. The van der Waals surface area contributed by atoms with Gasteiger partial charge in [0.15, 0.2) is 0 Å². The van der Waals surface area contributed by atoms with E-state index in [2.05, 4.69) is 46.3 Å². The molecule has 26 heavy (non-hydrogen) atoms. The number of hydrogen-bond donors (Lipinski definition) is 1. The zero-order chi connectivity index (χ0) is 17.9. The number of nitrogens with one attached hydrogen (secondary N) is 1. The molecule has 2 heterocycles. The smallest absolute Gasteiger partial charge is 0.317 e. The minimum atomic E-state index is 0.0882. The Bertz CT molecular complexity index is 755. The quantitative estimate of drug-likeness (QED) is 0.914. The number of hydrogen-bond acceptors (Lipinski definition) is 2. The van der Waals surface area contributed by atoms with Gasteiger partial charge in [-0.2, -0.15) is 5.10 Å². The van der Waals surface area contributed by atoms with E-state index in [0.717, 1.165) is 45.3 Å². The van der Waals surface area contributed by atoms with Gasteiger partial charge in [-0.15, -0.1) is 0 Å². The van der Waals surface area contributed by atoms with Gasteiger partial charge >= 0.3 is 6.03 Å². The third kappa shape index (κ3) is 3.62. The standard InChI is InChI=1S/C21H28N4O/c1-16-7-6-12-24(14-16)21(26)23-19-10-5-11-20-18(19)13-22-25(20)15-17-8-3-2-4-9-17/h2-4,8-9,13,16,19H,5-7,10-12,14-15H2,1H3,(H,23,26). The number of piperidine rings is 1. The van der Waals surface area contributed by atoms with Crippen molar-refractivity contribution in [3.05, 3.63) is 53.3 Å². The van der Waals surface area contributed by atoms with Gasteiger partial charge in [-0.3, -0.25) is 4.68 Å². The number of aromatic nitrogens is 2. The molecule has 1 aromatic heterocycles. The molecule has 5 heteroatoms. The summed E-state index contributed by atoms with van der Waals surface area (Å²) in [6.07, 6.45) is 7.42. The van der Waals surface area contributed by atoms with E-state index >= 15 is 0 Å². The Hall–Kier alpha value is -2.30. The SMILES string of the molecule is CC1CCCN(C(=O)NC2CCCc3c2cnn3Cc2ccccc2)C1. The minimum absolute atomic E-state index is 0.0882. The average Bonchev–Trinajstić information content (AvgIpc) is 3.06. The van der Waals surface area contributed by atoms with Crippen LogP contribution < -0.4 is 5.32 Å². The monoisotopic (exact) mass is 352 g/mol. The Morgan fingerprint density at radius 1 is 1.23 bits per heavy atom. The largest absolute Gasteiger partial charge is 0.331 e. The predicted molar refractivity (Wildman–Crippen MR) is 102 cm³/mol. The second-order valence-electron chi connectivity index (χ2n) is 7.78. The molecule has 0 saturated carbocycles. The number of nitrogens with zero attached hydrogens (tertiary/aromatic N) is 3. The lowest BCUT2D eigenvalue weighted by molar-refractivity contribution is 0.165. The summed E-state index contributed by atoms with van der Waals surface area (Å²) in [4.78, 5) is 14.7. The summed E-state index contributed by atoms with van der Waals surface area (Å²) in [5.41, 5.74) is 3.73. The number of likely N-dealkylation sites (tertiary alicyclic amines) is 1. The Kier molecular flexibility index (Phi) is 4.96. The van der Waals surface area contributed by atoms with E-state index in [1.165, 1.54) is 23.2 Å². The van der Waals surface area contributed by atoms with Gasteiger partial charge in [0.05, 0.1) is 18.8 Å². The number of carbonyl (C=O) groups is 1. The van der Waals surface area contributed by atoms with Gasteiger partial charge < -0.3 is 10.2 Å². The minimum Gasteiger partial charge on any atom is -0.331 e. The predicted octanol–water partition coefficient (Wildman–Crippen LogP) is 3.75. The van der Waals surface area contributed by atoms with Crippen molar-refractivity contribution in [3.63, 3.8) is 0 Å². The van der Waals surface area contributed by atoms with Crippen molar-refractivity contribution in [2.24, 2.45) is 5.92 Å². The van der Waals surface area contributed by atoms with Gasteiger partial charge in [0.25, 0.3) is 0 Å². The third-order valence-electron chi connectivity index (χ3n) is 5.68. The van der Waals surface area contributed by atoms with Crippen LogP contribution in [0.1, 0.15) is 55.5 Å². The zero-order valence-electron chi connectivity index (χ0n) is 15.5. The summed E-state index contributed by atoms with van der Waals surface area (Å²) >= 11 is 0. The van der Waals surface area contributed by atoms with Crippen molar-refractivity contribution in [1.29, 1.82) is 0 Å². The molecule has 1 fully saturated rings. The summed E-state index contributed by atoms with van der Waals surface area (Å²) in [6, 6.07) is 10.6. The number of urea groups is 1. The molecule has 1 aromatic carbocycles. The van der Waals surface area contributed by atoms with Crippen LogP contribution in [0.5, 0.6) is 0 Å². The van der Waals surface area contributed by atoms with Crippen LogP contribution in [0.3, 0.4) is 0 Å². The van der Waals surface area contributed by atoms with Crippen molar-refractivity contribution in [2.75, 3.05) is 13.1 Å². The fourth-order valence-electron chi connectivity index (χ4n) is 4.28. The summed E-state index contributed by atoms with van der Waals surface area (Å²) in [5.74, 6) is 0.602. The maximum absolute atomic E-state index is 12.7. The Morgan fingerprint density at radius 2 is 2.08 bits per heavy atom. The summed E-state index contributed by atoms with van der Waals surface area (Å²) in [5, 5.41) is 7.90. The molecule has 2 amide bonds. The average molecular weight is 352 g/mol. The van der Waals surface area contributed by atoms with E-state index in [9.17, 15) is 4.79 Å². The van der Waals surface area contributed by atoms with E-state index < -0.39 is 0 Å². The van der Waals surface area contributed by atoms with Crippen molar-refractivity contribution < 1.29 is 4.79 Å². The molecular formula is C21H28N4O. The van der Waals surface area contributed by atoms with E-state index in [0.29, 0.717) is 5.92 Å². The van der Waals surface area contributed by atoms with Gasteiger partial charge in [-0.05, 0) is 43.6 Å². The van der Waals surface area contributed by atoms with Crippen LogP contribution in [0.4, 0.5) is 4.79 Å². The second-order valence-corrected chi connectivity index (χ2v) is 7.78. The number of carbonyl (C=O) groups excluding carboxylic acids is 1. The zero-order valence-corrected chi connectivity index (χ0v) is 15.5. The van der Waals surface area contributed by atoms with E-state index in [1.54, 1.807) is 0 Å². The molecule has 1 aliphatic carbocycles. The highest BCUT2D eigenvalue weighted by molar-refractivity contribution is 5.75. The van der Waals surface area contributed by atoms with Gasteiger partial charge in [0.1, 0.15) is 0 Å². The fraction of sp³-hybridized carbons (Fsp3) is 0.524. The summed E-state index contributed by atoms with van der Waals surface area (Å²) < 4.78 is 2.10. The molecule has 2 atom stereocenters. The second kappa shape index (κ2) is 7.52. The molecule has 2 aromatic rings. The molecule has 138 valence electrons. The van der Waals surface area contributed by atoms with Gasteiger partial charge in [-0.25, -0.2) is 4.79 Å². The van der Waals surface area contributed by atoms with E-state index in [1.807, 2.05) is 17.2 Å². The van der Waals surface area contributed by atoms with Crippen molar-refractivity contribution in [1.82, 2.24) is 20.0 Å². The van der Waals surface area contributed by atoms with Crippen molar-refractivity contribution in [2.45, 2.75) is 51.6 Å². The van der Waals surface area contributed by atoms with Gasteiger partial charge in [-0.1, -0.05) is 37.3 Å². The lowest BCUT2D eigenvalue weighted by atomic mass is 9.93. The Balaban J connectivity index is 1.47. The molecule has 0 radical (unpaired) electrons.